The predicted molar refractivity (Wildman–Crippen MR) is 134 cm³/mol. The van der Waals surface area contributed by atoms with Crippen LogP contribution in [0, 0.1) is 23.3 Å². The summed E-state index contributed by atoms with van der Waals surface area (Å²) in [4.78, 5) is 47.2. The maximum Gasteiger partial charge on any atom is 0.339 e. The number of carboxylic acids is 2. The molecule has 1 atom stereocenters. The van der Waals surface area contributed by atoms with Gasteiger partial charge in [0.25, 0.3) is 5.91 Å². The van der Waals surface area contributed by atoms with Crippen molar-refractivity contribution in [1.82, 2.24) is 10.0 Å². The first-order chi connectivity index (χ1) is 19.6. The lowest BCUT2D eigenvalue weighted by Crippen LogP contribution is -2.44. The molecule has 0 spiro atoms. The summed E-state index contributed by atoms with van der Waals surface area (Å²) in [7, 11) is -4.27. The van der Waals surface area contributed by atoms with Crippen molar-refractivity contribution in [2.24, 2.45) is 0 Å². The lowest BCUT2D eigenvalue weighted by atomic mass is 10.1. The molecule has 0 aliphatic heterocycles. The van der Waals surface area contributed by atoms with E-state index in [0.717, 1.165) is 29.5 Å². The number of thiophene rings is 1. The van der Waals surface area contributed by atoms with Crippen LogP contribution < -0.4 is 14.8 Å². The summed E-state index contributed by atoms with van der Waals surface area (Å²) in [6.45, 7) is -1.65. The summed E-state index contributed by atoms with van der Waals surface area (Å²) < 4.78 is 86.1. The molecule has 224 valence electrons. The van der Waals surface area contributed by atoms with Crippen LogP contribution in [-0.4, -0.2) is 60.0 Å². The number of carboxylic acid groups (broad SMARTS) is 2. The first kappa shape index (κ1) is 32.0. The zero-order valence-electron chi connectivity index (χ0n) is 20.7. The largest absolute Gasteiger partial charge is 0.507 e. The molecule has 3 aromatic rings. The highest BCUT2D eigenvalue weighted by Gasteiger charge is 2.28. The lowest BCUT2D eigenvalue weighted by molar-refractivity contribution is -0.139. The minimum Gasteiger partial charge on any atom is -0.507 e. The van der Waals surface area contributed by atoms with Gasteiger partial charge in [-0.05, 0) is 30.3 Å². The number of halogens is 4. The number of phenols is 1. The standard InChI is InChI=1S/C24H18F4N2O10S2/c25-13-6-14(26)21(28)22(20(13)27)40-9-17(32)15(7-19(33)34)30-23(35)18-4-1-10(41-18)8-29-42(38,39)11-2-3-16(31)12(5-11)24(36)37/h1-6,15,29,31H,7-9H2,(H,30,35)(H,33,34)(H,36,37)/t15-/m0/s1. The third-order valence-corrected chi connectivity index (χ3v) is 7.82. The fourth-order valence-corrected chi connectivity index (χ4v) is 5.24. The molecule has 0 saturated heterocycles. The molecule has 0 saturated carbocycles. The maximum absolute atomic E-state index is 13.8. The minimum absolute atomic E-state index is 0.0877. The monoisotopic (exact) mass is 634 g/mol. The molecule has 0 bridgehead atoms. The molecule has 42 heavy (non-hydrogen) atoms. The fraction of sp³-hybridized carbons (Fsp3) is 0.167. The van der Waals surface area contributed by atoms with Crippen molar-refractivity contribution in [2.45, 2.75) is 23.9 Å². The third-order valence-electron chi connectivity index (χ3n) is 5.33. The van der Waals surface area contributed by atoms with Crippen LogP contribution >= 0.6 is 11.3 Å². The molecule has 5 N–H and O–H groups in total. The van der Waals surface area contributed by atoms with Crippen LogP contribution in [0.15, 0.2) is 41.3 Å². The van der Waals surface area contributed by atoms with E-state index in [9.17, 15) is 50.3 Å². The molecule has 3 rings (SSSR count). The van der Waals surface area contributed by atoms with Gasteiger partial charge in [-0.25, -0.2) is 26.7 Å². The van der Waals surface area contributed by atoms with Gasteiger partial charge in [-0.15, -0.1) is 11.3 Å². The van der Waals surface area contributed by atoms with Crippen LogP contribution in [0.2, 0.25) is 0 Å². The second-order valence-electron chi connectivity index (χ2n) is 8.25. The number of ketones is 1. The summed E-state index contributed by atoms with van der Waals surface area (Å²) in [6, 6.07) is 3.24. The fourth-order valence-electron chi connectivity index (χ4n) is 3.27. The number of aromatic hydroxyl groups is 1. The van der Waals surface area contributed by atoms with Gasteiger partial charge in [-0.1, -0.05) is 0 Å². The highest BCUT2D eigenvalue weighted by Crippen LogP contribution is 2.27. The summed E-state index contributed by atoms with van der Waals surface area (Å²) in [5.41, 5.74) is -0.651. The van der Waals surface area contributed by atoms with Gasteiger partial charge in [-0.3, -0.25) is 14.4 Å². The van der Waals surface area contributed by atoms with Gasteiger partial charge in [0.15, 0.2) is 23.2 Å². The second kappa shape index (κ2) is 13.0. The lowest BCUT2D eigenvalue weighted by Gasteiger charge is -2.16. The second-order valence-corrected chi connectivity index (χ2v) is 11.2. The van der Waals surface area contributed by atoms with E-state index >= 15 is 0 Å². The third kappa shape index (κ3) is 7.59. The van der Waals surface area contributed by atoms with E-state index in [1.165, 1.54) is 12.1 Å². The SMILES string of the molecule is O=C(O)C[C@H](NC(=O)c1ccc(CNS(=O)(=O)c2ccc(O)c(C(=O)O)c2)s1)C(=O)COc1c(F)c(F)cc(F)c1F. The van der Waals surface area contributed by atoms with E-state index < -0.39 is 97.9 Å². The Morgan fingerprint density at radius 1 is 0.952 bits per heavy atom. The van der Waals surface area contributed by atoms with E-state index in [1.54, 1.807) is 0 Å². The molecular weight excluding hydrogens is 616 g/mol. The van der Waals surface area contributed by atoms with Crippen LogP contribution in [0.25, 0.3) is 0 Å². The number of amides is 1. The van der Waals surface area contributed by atoms with Gasteiger partial charge < -0.3 is 25.4 Å². The zero-order valence-corrected chi connectivity index (χ0v) is 22.3. The summed E-state index contributed by atoms with van der Waals surface area (Å²) >= 11 is 0.732. The van der Waals surface area contributed by atoms with Gasteiger partial charge in [0.1, 0.15) is 24.0 Å². The van der Waals surface area contributed by atoms with Crippen LogP contribution in [-0.2, 0) is 26.2 Å². The van der Waals surface area contributed by atoms with Crippen LogP contribution in [0.5, 0.6) is 11.5 Å². The highest BCUT2D eigenvalue weighted by molar-refractivity contribution is 7.89. The van der Waals surface area contributed by atoms with E-state index in [0.29, 0.717) is 0 Å². The number of carbonyl (C=O) groups is 4. The first-order valence-electron chi connectivity index (χ1n) is 11.3. The van der Waals surface area contributed by atoms with E-state index in [4.69, 9.17) is 10.2 Å². The number of aliphatic carboxylic acids is 1. The van der Waals surface area contributed by atoms with Crippen LogP contribution in [0.1, 0.15) is 31.3 Å². The Labute approximate surface area is 237 Å². The highest BCUT2D eigenvalue weighted by atomic mass is 32.2. The molecule has 1 heterocycles. The Balaban J connectivity index is 1.68. The molecule has 18 heteroatoms. The van der Waals surface area contributed by atoms with Gasteiger partial charge >= 0.3 is 11.9 Å². The number of benzene rings is 2. The molecule has 0 fully saturated rings. The number of rotatable bonds is 13. The van der Waals surface area contributed by atoms with Crippen molar-refractivity contribution in [1.29, 1.82) is 0 Å². The van der Waals surface area contributed by atoms with Gasteiger partial charge in [0, 0.05) is 17.5 Å². The Hall–Kier alpha value is -4.55. The molecule has 1 amide bonds. The number of nitrogens with one attached hydrogen (secondary N) is 2. The van der Waals surface area contributed by atoms with Gasteiger partial charge in [0.05, 0.1) is 16.2 Å². The average Bonchev–Trinajstić information content (AvgIpc) is 3.39. The van der Waals surface area contributed by atoms with Gasteiger partial charge in [0.2, 0.25) is 21.7 Å². The molecule has 1 aromatic heterocycles. The Bertz CT molecular complexity index is 1650. The number of ether oxygens (including phenoxy) is 1. The Morgan fingerprint density at radius 2 is 1.60 bits per heavy atom. The molecule has 2 aromatic carbocycles. The number of carbonyl (C=O) groups excluding carboxylic acids is 2. The number of sulfonamides is 1. The quantitative estimate of drug-likeness (QED) is 0.138. The topological polar surface area (TPSA) is 196 Å². The molecular formula is C24H18F4N2O10S2. The molecule has 0 aliphatic rings. The minimum atomic E-state index is -4.27. The number of Topliss-reactive ketones (excluding diaryl/α,β-unsaturated/α-hetero) is 1. The normalized spacial score (nSPS) is 12.0. The van der Waals surface area contributed by atoms with Crippen molar-refractivity contribution in [3.05, 3.63) is 75.0 Å². The summed E-state index contributed by atoms with van der Waals surface area (Å²) in [5, 5.41) is 29.8. The van der Waals surface area contributed by atoms with Crippen LogP contribution in [0.3, 0.4) is 0 Å². The molecule has 12 nitrogen and oxygen atoms in total. The smallest absolute Gasteiger partial charge is 0.339 e. The first-order valence-corrected chi connectivity index (χ1v) is 13.6. The number of hydrogen-bond donors (Lipinski definition) is 5. The van der Waals surface area contributed by atoms with Crippen molar-refractivity contribution >= 4 is 45.0 Å². The molecule has 0 aliphatic carbocycles. The average molecular weight is 635 g/mol. The van der Waals surface area contributed by atoms with Crippen molar-refractivity contribution in [3.8, 4) is 11.5 Å². The number of hydrogen-bond acceptors (Lipinski definition) is 9. The Morgan fingerprint density at radius 3 is 2.19 bits per heavy atom. The van der Waals surface area contributed by atoms with Crippen molar-refractivity contribution in [2.75, 3.05) is 6.61 Å². The van der Waals surface area contributed by atoms with Gasteiger partial charge in [-0.2, -0.15) is 8.78 Å². The maximum atomic E-state index is 13.8. The molecule has 0 radical (unpaired) electrons. The van der Waals surface area contributed by atoms with Crippen molar-refractivity contribution in [3.63, 3.8) is 0 Å². The molecule has 0 unspecified atom stereocenters. The van der Waals surface area contributed by atoms with E-state index in [1.807, 2.05) is 0 Å². The van der Waals surface area contributed by atoms with E-state index in [-0.39, 0.29) is 22.4 Å². The van der Waals surface area contributed by atoms with Crippen LogP contribution in [0.4, 0.5) is 17.6 Å². The predicted octanol–water partition coefficient (Wildman–Crippen LogP) is 2.41. The van der Waals surface area contributed by atoms with E-state index in [2.05, 4.69) is 14.8 Å². The van der Waals surface area contributed by atoms with Crippen molar-refractivity contribution < 1.29 is 65.2 Å². The Kier molecular flexibility index (Phi) is 9.87. The zero-order chi connectivity index (χ0) is 31.4. The summed E-state index contributed by atoms with van der Waals surface area (Å²) in [5.74, 6) is -15.0. The summed E-state index contributed by atoms with van der Waals surface area (Å²) in [6.07, 6.45) is -1.00. The number of aromatic carboxylic acids is 1.